The van der Waals surface area contributed by atoms with Crippen LogP contribution in [-0.2, 0) is 6.42 Å². The van der Waals surface area contributed by atoms with Crippen molar-refractivity contribution in [3.05, 3.63) is 77.9 Å². The van der Waals surface area contributed by atoms with E-state index in [-0.39, 0.29) is 5.75 Å². The molecule has 0 spiro atoms. The maximum absolute atomic E-state index is 10.1. The third-order valence-corrected chi connectivity index (χ3v) is 8.02. The Morgan fingerprint density at radius 1 is 0.892 bits per heavy atom. The summed E-state index contributed by atoms with van der Waals surface area (Å²) >= 11 is 1.70. The molecule has 1 saturated heterocycles. The van der Waals surface area contributed by atoms with Gasteiger partial charge >= 0.3 is 0 Å². The first-order valence-corrected chi connectivity index (χ1v) is 13.8. The molecule has 5 nitrogen and oxygen atoms in total. The molecule has 0 saturated carbocycles. The van der Waals surface area contributed by atoms with Crippen molar-refractivity contribution in [1.82, 2.24) is 4.90 Å². The fourth-order valence-electron chi connectivity index (χ4n) is 4.80. The number of thiophene rings is 1. The Balaban J connectivity index is 1.32. The first kappa shape index (κ1) is 25.1. The van der Waals surface area contributed by atoms with E-state index < -0.39 is 0 Å². The van der Waals surface area contributed by atoms with Gasteiger partial charge in [0.1, 0.15) is 23.9 Å². The average molecular weight is 513 g/mol. The first-order valence-electron chi connectivity index (χ1n) is 13.0. The summed E-state index contributed by atoms with van der Waals surface area (Å²) in [6.07, 6.45) is 4.62. The van der Waals surface area contributed by atoms with E-state index in [0.29, 0.717) is 13.0 Å². The zero-order valence-electron chi connectivity index (χ0n) is 21.0. The van der Waals surface area contributed by atoms with Gasteiger partial charge in [-0.25, -0.2) is 0 Å². The molecule has 0 unspecified atom stereocenters. The Hall–Kier alpha value is -3.53. The highest BCUT2D eigenvalue weighted by atomic mass is 32.1. The molecule has 6 heteroatoms. The molecule has 1 aromatic heterocycles. The molecule has 190 valence electrons. The third-order valence-electron chi connectivity index (χ3n) is 6.77. The summed E-state index contributed by atoms with van der Waals surface area (Å²) in [7, 11) is 0. The highest BCUT2D eigenvalue weighted by molar-refractivity contribution is 7.22. The zero-order chi connectivity index (χ0) is 25.5. The summed E-state index contributed by atoms with van der Waals surface area (Å²) in [6.45, 7) is 4.63. The maximum atomic E-state index is 10.1. The minimum atomic E-state index is 0.281. The molecule has 5 rings (SSSR count). The van der Waals surface area contributed by atoms with E-state index in [1.54, 1.807) is 17.4 Å². The molecule has 3 aromatic carbocycles. The second-order valence-corrected chi connectivity index (χ2v) is 10.5. The van der Waals surface area contributed by atoms with Gasteiger partial charge in [-0.3, -0.25) is 4.90 Å². The number of hydrogen-bond donors (Lipinski definition) is 1. The monoisotopic (exact) mass is 512 g/mol. The van der Waals surface area contributed by atoms with Crippen molar-refractivity contribution >= 4 is 21.4 Å². The van der Waals surface area contributed by atoms with Crippen LogP contribution in [0.1, 0.15) is 36.8 Å². The van der Waals surface area contributed by atoms with Crippen molar-refractivity contribution in [3.8, 4) is 33.8 Å². The number of phenolic OH excluding ortho intramolecular Hbond substituents is 1. The molecule has 0 atom stereocenters. The lowest BCUT2D eigenvalue weighted by Gasteiger charge is -2.15. The van der Waals surface area contributed by atoms with Gasteiger partial charge in [0.05, 0.1) is 12.7 Å². The Kier molecular flexibility index (Phi) is 8.25. The molecule has 1 aliphatic rings. The molecule has 1 aliphatic heterocycles. The van der Waals surface area contributed by atoms with E-state index >= 15 is 0 Å². The number of hydrogen-bond acceptors (Lipinski definition) is 6. The topological polar surface area (TPSA) is 65.7 Å². The lowest BCUT2D eigenvalue weighted by molar-refractivity contribution is 0.238. The van der Waals surface area contributed by atoms with Gasteiger partial charge in [0, 0.05) is 22.5 Å². The van der Waals surface area contributed by atoms with E-state index in [4.69, 9.17) is 14.7 Å². The first-order chi connectivity index (χ1) is 18.2. The molecule has 2 heterocycles. The number of likely N-dealkylation sites (tertiary alicyclic amines) is 1. The van der Waals surface area contributed by atoms with Gasteiger partial charge in [0.15, 0.2) is 0 Å². The van der Waals surface area contributed by atoms with Crippen LogP contribution >= 0.6 is 11.3 Å². The van der Waals surface area contributed by atoms with Crippen molar-refractivity contribution in [2.24, 2.45) is 0 Å². The SMILES string of the molecule is N#CCCCOc1ccc(-c2sc3cc(O)ccc3c2Cc2ccc(OCCN3CCCC3)cc2)cc1. The number of nitrogens with zero attached hydrogens (tertiary/aromatic N) is 2. The van der Waals surface area contributed by atoms with E-state index in [9.17, 15) is 5.11 Å². The Labute approximate surface area is 222 Å². The van der Waals surface area contributed by atoms with Crippen LogP contribution in [0, 0.1) is 11.3 Å². The average Bonchev–Trinajstić information content (AvgIpc) is 3.56. The minimum absolute atomic E-state index is 0.281. The molecular formula is C31H32N2O3S. The van der Waals surface area contributed by atoms with Crippen molar-refractivity contribution in [2.45, 2.75) is 32.1 Å². The molecule has 4 aromatic rings. The second kappa shape index (κ2) is 12.1. The molecule has 1 N–H and O–H groups in total. The van der Waals surface area contributed by atoms with Crippen LogP contribution in [0.25, 0.3) is 20.5 Å². The van der Waals surface area contributed by atoms with Crippen LogP contribution < -0.4 is 9.47 Å². The highest BCUT2D eigenvalue weighted by Gasteiger charge is 2.16. The molecule has 37 heavy (non-hydrogen) atoms. The Morgan fingerprint density at radius 2 is 1.59 bits per heavy atom. The van der Waals surface area contributed by atoms with E-state index in [0.717, 1.165) is 47.8 Å². The lowest BCUT2D eigenvalue weighted by Crippen LogP contribution is -2.25. The normalized spacial score (nSPS) is 13.6. The summed E-state index contributed by atoms with van der Waals surface area (Å²) in [5.41, 5.74) is 3.60. The third kappa shape index (κ3) is 6.43. The number of fused-ring (bicyclic) bond motifs is 1. The van der Waals surface area contributed by atoms with Crippen LogP contribution in [0.15, 0.2) is 66.7 Å². The molecule has 0 aliphatic carbocycles. The number of benzene rings is 3. The Bertz CT molecular complexity index is 1350. The summed E-state index contributed by atoms with van der Waals surface area (Å²) in [4.78, 5) is 3.66. The summed E-state index contributed by atoms with van der Waals surface area (Å²) in [6, 6.07) is 24.4. The number of phenols is 1. The number of nitriles is 1. The number of aromatic hydroxyl groups is 1. The fourth-order valence-corrected chi connectivity index (χ4v) is 6.06. The number of unbranched alkanes of at least 4 members (excludes halogenated alkanes) is 1. The molecule has 0 amide bonds. The van der Waals surface area contributed by atoms with Gasteiger partial charge in [0.25, 0.3) is 0 Å². The molecule has 0 radical (unpaired) electrons. The number of rotatable bonds is 11. The van der Waals surface area contributed by atoms with E-state index in [1.807, 2.05) is 24.3 Å². The van der Waals surface area contributed by atoms with Gasteiger partial charge in [-0.2, -0.15) is 5.26 Å². The van der Waals surface area contributed by atoms with Crippen LogP contribution in [0.2, 0.25) is 0 Å². The van der Waals surface area contributed by atoms with Gasteiger partial charge < -0.3 is 14.6 Å². The van der Waals surface area contributed by atoms with Gasteiger partial charge in [-0.15, -0.1) is 11.3 Å². The van der Waals surface area contributed by atoms with E-state index in [1.165, 1.54) is 47.3 Å². The van der Waals surface area contributed by atoms with Crippen molar-refractivity contribution in [3.63, 3.8) is 0 Å². The largest absolute Gasteiger partial charge is 0.508 e. The van der Waals surface area contributed by atoms with Gasteiger partial charge in [-0.1, -0.05) is 12.1 Å². The highest BCUT2D eigenvalue weighted by Crippen LogP contribution is 2.41. The van der Waals surface area contributed by atoms with Crippen molar-refractivity contribution < 1.29 is 14.6 Å². The van der Waals surface area contributed by atoms with Crippen molar-refractivity contribution in [1.29, 1.82) is 5.26 Å². The van der Waals surface area contributed by atoms with Crippen molar-refractivity contribution in [2.75, 3.05) is 32.8 Å². The van der Waals surface area contributed by atoms with Gasteiger partial charge in [-0.05, 0) is 115 Å². The van der Waals surface area contributed by atoms with Crippen LogP contribution in [0.5, 0.6) is 17.2 Å². The molecule has 0 bridgehead atoms. The quantitative estimate of drug-likeness (QED) is 0.219. The smallest absolute Gasteiger partial charge is 0.119 e. The maximum Gasteiger partial charge on any atom is 0.119 e. The zero-order valence-corrected chi connectivity index (χ0v) is 21.8. The molecular weight excluding hydrogens is 480 g/mol. The van der Waals surface area contributed by atoms with Crippen LogP contribution in [0.4, 0.5) is 0 Å². The standard InChI is InChI=1S/C31H32N2O3S/c32-15-1-4-19-35-27-12-7-24(8-13-27)31-29(28-14-9-25(34)22-30(28)37-31)21-23-5-10-26(11-6-23)36-20-18-33-16-2-3-17-33/h5-14,22,34H,1-4,16-21H2. The van der Waals surface area contributed by atoms with Crippen LogP contribution in [-0.4, -0.2) is 42.9 Å². The van der Waals surface area contributed by atoms with E-state index in [2.05, 4.69) is 47.4 Å². The lowest BCUT2D eigenvalue weighted by atomic mass is 9.99. The predicted octanol–water partition coefficient (Wildman–Crippen LogP) is 7.02. The molecule has 1 fully saturated rings. The summed E-state index contributed by atoms with van der Waals surface area (Å²) in [5, 5.41) is 19.9. The number of ether oxygens (including phenoxy) is 2. The minimum Gasteiger partial charge on any atom is -0.508 e. The van der Waals surface area contributed by atoms with Gasteiger partial charge in [0.2, 0.25) is 0 Å². The Morgan fingerprint density at radius 3 is 2.32 bits per heavy atom. The summed E-state index contributed by atoms with van der Waals surface area (Å²) in [5.74, 6) is 2.00. The fraction of sp³-hybridized carbons (Fsp3) is 0.323. The second-order valence-electron chi connectivity index (χ2n) is 9.44. The predicted molar refractivity (Wildman–Crippen MR) is 150 cm³/mol. The van der Waals surface area contributed by atoms with Crippen LogP contribution in [0.3, 0.4) is 0 Å². The summed E-state index contributed by atoms with van der Waals surface area (Å²) < 4.78 is 12.8.